The van der Waals surface area contributed by atoms with Crippen LogP contribution in [0.5, 0.6) is 0 Å². The third-order valence-corrected chi connectivity index (χ3v) is 7.20. The first-order valence-corrected chi connectivity index (χ1v) is 12.1. The molecule has 0 aliphatic rings. The van der Waals surface area contributed by atoms with Crippen LogP contribution in [0.3, 0.4) is 0 Å². The van der Waals surface area contributed by atoms with Gasteiger partial charge in [0.2, 0.25) is 0 Å². The van der Waals surface area contributed by atoms with Crippen molar-refractivity contribution in [3.05, 3.63) is 93.0 Å². The van der Waals surface area contributed by atoms with Crippen LogP contribution in [0.2, 0.25) is 5.02 Å². The highest BCUT2D eigenvalue weighted by Gasteiger charge is 2.22. The van der Waals surface area contributed by atoms with Crippen LogP contribution >= 0.6 is 11.6 Å². The Morgan fingerprint density at radius 2 is 1.50 bits per heavy atom. The van der Waals surface area contributed by atoms with Crippen molar-refractivity contribution >= 4 is 33.2 Å². The summed E-state index contributed by atoms with van der Waals surface area (Å²) < 4.78 is 28.6. The molecular weight excluding hydrogens is 444 g/mol. The molecule has 0 spiro atoms. The van der Waals surface area contributed by atoms with E-state index in [4.69, 9.17) is 11.6 Å². The number of aryl methyl sites for hydroxylation is 4. The fourth-order valence-electron chi connectivity index (χ4n) is 3.65. The lowest BCUT2D eigenvalue weighted by Gasteiger charge is -2.18. The monoisotopic (exact) mass is 470 g/mol. The number of rotatable bonds is 6. The Kier molecular flexibility index (Phi) is 6.96. The van der Waals surface area contributed by atoms with Crippen LogP contribution < -0.4 is 10.0 Å². The number of hydrogen-bond acceptors (Lipinski definition) is 3. The molecule has 0 bridgehead atoms. The molecule has 0 saturated carbocycles. The molecule has 0 heterocycles. The van der Waals surface area contributed by atoms with Crippen LogP contribution in [0.4, 0.5) is 5.69 Å². The molecular formula is C25H27ClN2O3S. The Hall–Kier alpha value is -2.83. The van der Waals surface area contributed by atoms with Gasteiger partial charge in [-0.3, -0.25) is 9.52 Å². The van der Waals surface area contributed by atoms with Gasteiger partial charge in [0.25, 0.3) is 15.9 Å². The third kappa shape index (κ3) is 5.31. The highest BCUT2D eigenvalue weighted by molar-refractivity contribution is 7.92. The first-order valence-electron chi connectivity index (χ1n) is 10.3. The van der Waals surface area contributed by atoms with Gasteiger partial charge in [-0.2, -0.15) is 0 Å². The molecule has 0 aliphatic carbocycles. The normalized spacial score (nSPS) is 12.3. The van der Waals surface area contributed by atoms with Crippen molar-refractivity contribution in [1.82, 2.24) is 5.32 Å². The van der Waals surface area contributed by atoms with E-state index in [-0.39, 0.29) is 27.4 Å². The second-order valence-corrected chi connectivity index (χ2v) is 10.2. The zero-order valence-corrected chi connectivity index (χ0v) is 20.4. The molecule has 1 unspecified atom stereocenters. The summed E-state index contributed by atoms with van der Waals surface area (Å²) in [5.41, 5.74) is 5.73. The van der Waals surface area contributed by atoms with Crippen LogP contribution in [0.15, 0.2) is 59.5 Å². The second kappa shape index (κ2) is 9.35. The van der Waals surface area contributed by atoms with Gasteiger partial charge in [0.05, 0.1) is 16.8 Å². The van der Waals surface area contributed by atoms with Gasteiger partial charge in [-0.1, -0.05) is 53.1 Å². The summed E-state index contributed by atoms with van der Waals surface area (Å²) in [5.74, 6) is -0.378. The lowest BCUT2D eigenvalue weighted by atomic mass is 10.00. The number of halogens is 1. The van der Waals surface area contributed by atoms with Gasteiger partial charge in [-0.05, 0) is 75.6 Å². The smallest absolute Gasteiger partial charge is 0.263 e. The fraction of sp³-hybridized carbons (Fsp3) is 0.240. The minimum Gasteiger partial charge on any atom is -0.346 e. The molecule has 7 heteroatoms. The minimum absolute atomic E-state index is 0.0428. The van der Waals surface area contributed by atoms with E-state index in [9.17, 15) is 13.2 Å². The first-order chi connectivity index (χ1) is 15.0. The van der Waals surface area contributed by atoms with E-state index in [0.29, 0.717) is 5.69 Å². The quantitative estimate of drug-likeness (QED) is 0.473. The zero-order valence-electron chi connectivity index (χ0n) is 18.8. The van der Waals surface area contributed by atoms with Crippen molar-refractivity contribution < 1.29 is 13.2 Å². The molecule has 1 amide bonds. The second-order valence-electron chi connectivity index (χ2n) is 8.12. The standard InChI is InChI=1S/C25H27ClN2O3S/c1-15-6-9-21(17(3)12-15)19(5)27-25(29)20-8-10-22(26)24(14-20)32(30,31)28-23-11-7-16(2)13-18(23)4/h6-14,19,28H,1-5H3,(H,27,29). The average molecular weight is 471 g/mol. The summed E-state index contributed by atoms with van der Waals surface area (Å²) in [6, 6.07) is 15.5. The number of amides is 1. The van der Waals surface area contributed by atoms with Crippen LogP contribution in [0, 0.1) is 27.7 Å². The summed E-state index contributed by atoms with van der Waals surface area (Å²) >= 11 is 6.20. The van der Waals surface area contributed by atoms with E-state index >= 15 is 0 Å². The Morgan fingerprint density at radius 1 is 0.875 bits per heavy atom. The van der Waals surface area contributed by atoms with Gasteiger partial charge in [0.1, 0.15) is 4.90 Å². The highest BCUT2D eigenvalue weighted by atomic mass is 35.5. The van der Waals surface area contributed by atoms with Gasteiger partial charge >= 0.3 is 0 Å². The lowest BCUT2D eigenvalue weighted by Crippen LogP contribution is -2.27. The predicted octanol–water partition coefficient (Wildman–Crippen LogP) is 5.87. The van der Waals surface area contributed by atoms with Crippen molar-refractivity contribution in [2.45, 2.75) is 45.6 Å². The Morgan fingerprint density at radius 3 is 2.12 bits per heavy atom. The Bertz CT molecular complexity index is 1290. The molecule has 5 nitrogen and oxygen atoms in total. The van der Waals surface area contributed by atoms with Crippen molar-refractivity contribution in [3.8, 4) is 0 Å². The number of carbonyl (C=O) groups is 1. The van der Waals surface area contributed by atoms with Gasteiger partial charge < -0.3 is 5.32 Å². The van der Waals surface area contributed by atoms with Crippen molar-refractivity contribution in [3.63, 3.8) is 0 Å². The average Bonchev–Trinajstić information content (AvgIpc) is 2.70. The molecule has 3 aromatic rings. The van der Waals surface area contributed by atoms with E-state index in [1.54, 1.807) is 6.07 Å². The summed E-state index contributed by atoms with van der Waals surface area (Å²) in [6.07, 6.45) is 0. The molecule has 1 atom stereocenters. The number of benzene rings is 3. The number of anilines is 1. The SMILES string of the molecule is Cc1ccc(NS(=O)(=O)c2cc(C(=O)NC(C)c3ccc(C)cc3C)ccc2Cl)c(C)c1. The molecule has 32 heavy (non-hydrogen) atoms. The molecule has 3 aromatic carbocycles. The van der Waals surface area contributed by atoms with Crippen LogP contribution in [0.1, 0.15) is 51.1 Å². The van der Waals surface area contributed by atoms with Gasteiger partial charge in [-0.15, -0.1) is 0 Å². The molecule has 168 valence electrons. The Labute approximate surface area is 194 Å². The van der Waals surface area contributed by atoms with E-state index < -0.39 is 10.0 Å². The lowest BCUT2D eigenvalue weighted by molar-refractivity contribution is 0.0939. The number of hydrogen-bond donors (Lipinski definition) is 2. The van der Waals surface area contributed by atoms with Crippen LogP contribution in [-0.4, -0.2) is 14.3 Å². The maximum absolute atomic E-state index is 13.0. The van der Waals surface area contributed by atoms with Crippen molar-refractivity contribution in [2.75, 3.05) is 4.72 Å². The van der Waals surface area contributed by atoms with E-state index in [2.05, 4.69) is 16.1 Å². The maximum Gasteiger partial charge on any atom is 0.263 e. The van der Waals surface area contributed by atoms with E-state index in [0.717, 1.165) is 27.8 Å². The molecule has 0 radical (unpaired) electrons. The topological polar surface area (TPSA) is 75.3 Å². The predicted molar refractivity (Wildman–Crippen MR) is 130 cm³/mol. The zero-order chi connectivity index (χ0) is 23.6. The van der Waals surface area contributed by atoms with Crippen LogP contribution in [-0.2, 0) is 10.0 Å². The molecule has 0 saturated heterocycles. The highest BCUT2D eigenvalue weighted by Crippen LogP contribution is 2.27. The summed E-state index contributed by atoms with van der Waals surface area (Å²) in [6.45, 7) is 9.66. The van der Waals surface area contributed by atoms with Crippen LogP contribution in [0.25, 0.3) is 0 Å². The molecule has 3 rings (SSSR count). The number of nitrogens with one attached hydrogen (secondary N) is 2. The van der Waals surface area contributed by atoms with Crippen molar-refractivity contribution in [1.29, 1.82) is 0 Å². The third-order valence-electron chi connectivity index (χ3n) is 5.35. The first kappa shape index (κ1) is 23.8. The minimum atomic E-state index is -3.99. The molecule has 0 fully saturated rings. The number of sulfonamides is 1. The Balaban J connectivity index is 1.86. The van der Waals surface area contributed by atoms with Crippen molar-refractivity contribution in [2.24, 2.45) is 0 Å². The van der Waals surface area contributed by atoms with Gasteiger partial charge in [0, 0.05) is 5.56 Å². The largest absolute Gasteiger partial charge is 0.346 e. The molecule has 2 N–H and O–H groups in total. The molecule has 0 aliphatic heterocycles. The summed E-state index contributed by atoms with van der Waals surface area (Å²) in [4.78, 5) is 12.7. The summed E-state index contributed by atoms with van der Waals surface area (Å²) in [5, 5.41) is 2.98. The summed E-state index contributed by atoms with van der Waals surface area (Å²) in [7, 11) is -3.99. The van der Waals surface area contributed by atoms with E-state index in [1.165, 1.54) is 18.2 Å². The fourth-order valence-corrected chi connectivity index (χ4v) is 5.31. The van der Waals surface area contributed by atoms with Gasteiger partial charge in [-0.25, -0.2) is 8.42 Å². The molecule has 0 aromatic heterocycles. The van der Waals surface area contributed by atoms with Gasteiger partial charge in [0.15, 0.2) is 0 Å². The maximum atomic E-state index is 13.0. The van der Waals surface area contributed by atoms with E-state index in [1.807, 2.05) is 58.9 Å². The number of carbonyl (C=O) groups excluding carboxylic acids is 1.